The predicted octanol–water partition coefficient (Wildman–Crippen LogP) is 2.01. The number of aromatic amines is 1. The molecule has 0 unspecified atom stereocenters. The zero-order valence-corrected chi connectivity index (χ0v) is 7.67. The first kappa shape index (κ1) is 8.32. The first-order valence-electron chi connectivity index (χ1n) is 4.49. The lowest BCUT2D eigenvalue weighted by atomic mass is 10.0. The van der Waals surface area contributed by atoms with Gasteiger partial charge < -0.3 is 10.1 Å². The van der Waals surface area contributed by atoms with Crippen molar-refractivity contribution in [3.8, 4) is 0 Å². The average Bonchev–Trinajstić information content (AvgIpc) is 2.52. The molecule has 1 heterocycles. The monoisotopic (exact) mass is 175 g/mol. The number of rotatable bonds is 2. The van der Waals surface area contributed by atoms with E-state index in [-0.39, 0.29) is 6.61 Å². The lowest BCUT2D eigenvalue weighted by molar-refractivity contribution is 0.300. The van der Waals surface area contributed by atoms with Gasteiger partial charge in [0.1, 0.15) is 0 Å². The van der Waals surface area contributed by atoms with Crippen molar-refractivity contribution < 1.29 is 5.11 Å². The molecule has 2 heteroatoms. The summed E-state index contributed by atoms with van der Waals surface area (Å²) in [5.74, 6) is 0. The van der Waals surface area contributed by atoms with E-state index >= 15 is 0 Å². The van der Waals surface area contributed by atoms with Crippen LogP contribution in [0.5, 0.6) is 0 Å². The molecule has 0 spiro atoms. The van der Waals surface area contributed by atoms with Gasteiger partial charge in [-0.15, -0.1) is 0 Å². The smallest absolute Gasteiger partial charge is 0.0471 e. The van der Waals surface area contributed by atoms with Crippen LogP contribution in [0, 0.1) is 6.92 Å². The predicted molar refractivity (Wildman–Crippen MR) is 53.8 cm³/mol. The second-order valence-corrected chi connectivity index (χ2v) is 3.34. The van der Waals surface area contributed by atoms with E-state index in [0.29, 0.717) is 0 Å². The average molecular weight is 175 g/mol. The molecule has 0 bridgehead atoms. The van der Waals surface area contributed by atoms with Crippen LogP contribution in [-0.2, 0) is 6.42 Å². The second-order valence-electron chi connectivity index (χ2n) is 3.34. The SMILES string of the molecule is Cc1cc(CCO)c2cc[nH]c2c1. The Labute approximate surface area is 77.2 Å². The van der Waals surface area contributed by atoms with Crippen molar-refractivity contribution in [2.24, 2.45) is 0 Å². The largest absolute Gasteiger partial charge is 0.396 e. The summed E-state index contributed by atoms with van der Waals surface area (Å²) in [6, 6.07) is 6.31. The van der Waals surface area contributed by atoms with Gasteiger partial charge in [-0.2, -0.15) is 0 Å². The maximum Gasteiger partial charge on any atom is 0.0471 e. The van der Waals surface area contributed by atoms with Crippen molar-refractivity contribution >= 4 is 10.9 Å². The van der Waals surface area contributed by atoms with Crippen LogP contribution in [0.4, 0.5) is 0 Å². The Bertz CT molecular complexity index is 417. The maximum atomic E-state index is 8.90. The first-order chi connectivity index (χ1) is 6.31. The summed E-state index contributed by atoms with van der Waals surface area (Å²) in [6.45, 7) is 2.28. The third-order valence-electron chi connectivity index (χ3n) is 2.28. The lowest BCUT2D eigenvalue weighted by Crippen LogP contribution is -1.92. The maximum absolute atomic E-state index is 8.90. The van der Waals surface area contributed by atoms with Crippen LogP contribution in [-0.4, -0.2) is 16.7 Å². The van der Waals surface area contributed by atoms with Crippen molar-refractivity contribution in [2.45, 2.75) is 13.3 Å². The molecule has 0 aliphatic rings. The van der Waals surface area contributed by atoms with Crippen LogP contribution in [0.15, 0.2) is 24.4 Å². The van der Waals surface area contributed by atoms with E-state index in [0.717, 1.165) is 11.9 Å². The third kappa shape index (κ3) is 1.45. The van der Waals surface area contributed by atoms with Gasteiger partial charge in [0.2, 0.25) is 0 Å². The Morgan fingerprint density at radius 1 is 1.38 bits per heavy atom. The van der Waals surface area contributed by atoms with E-state index in [2.05, 4.69) is 30.1 Å². The van der Waals surface area contributed by atoms with E-state index in [1.165, 1.54) is 16.5 Å². The molecule has 0 amide bonds. The molecule has 0 atom stereocenters. The highest BCUT2D eigenvalue weighted by atomic mass is 16.2. The fourth-order valence-corrected chi connectivity index (χ4v) is 1.73. The number of fused-ring (bicyclic) bond motifs is 1. The summed E-state index contributed by atoms with van der Waals surface area (Å²) in [4.78, 5) is 3.18. The summed E-state index contributed by atoms with van der Waals surface area (Å²) in [7, 11) is 0. The molecule has 2 N–H and O–H groups in total. The molecule has 0 aliphatic carbocycles. The molecular weight excluding hydrogens is 162 g/mol. The van der Waals surface area contributed by atoms with Crippen molar-refractivity contribution in [1.29, 1.82) is 0 Å². The summed E-state index contributed by atoms with van der Waals surface area (Å²) < 4.78 is 0. The molecule has 1 aromatic heterocycles. The van der Waals surface area contributed by atoms with E-state index in [1.807, 2.05) is 6.20 Å². The minimum absolute atomic E-state index is 0.212. The minimum atomic E-state index is 0.212. The zero-order valence-electron chi connectivity index (χ0n) is 7.67. The fourth-order valence-electron chi connectivity index (χ4n) is 1.73. The quantitative estimate of drug-likeness (QED) is 0.719. The molecule has 0 saturated carbocycles. The highest BCUT2D eigenvalue weighted by Crippen LogP contribution is 2.20. The standard InChI is InChI=1S/C11H13NO/c1-8-6-9(3-5-13)10-2-4-12-11(10)7-8/h2,4,6-7,12-13H,3,5H2,1H3. The fraction of sp³-hybridized carbons (Fsp3) is 0.273. The first-order valence-corrected chi connectivity index (χ1v) is 4.49. The van der Waals surface area contributed by atoms with E-state index in [1.54, 1.807) is 0 Å². The van der Waals surface area contributed by atoms with Gasteiger partial charge in [0.15, 0.2) is 0 Å². The second kappa shape index (κ2) is 3.23. The van der Waals surface area contributed by atoms with E-state index < -0.39 is 0 Å². The molecule has 1 aromatic carbocycles. The number of hydrogen-bond donors (Lipinski definition) is 2. The minimum Gasteiger partial charge on any atom is -0.396 e. The Balaban J connectivity index is 2.63. The highest BCUT2D eigenvalue weighted by Gasteiger charge is 2.02. The Morgan fingerprint density at radius 3 is 3.00 bits per heavy atom. The number of aromatic nitrogens is 1. The molecule has 13 heavy (non-hydrogen) atoms. The molecule has 0 radical (unpaired) electrons. The van der Waals surface area contributed by atoms with Gasteiger partial charge in [0, 0.05) is 23.7 Å². The normalized spacial score (nSPS) is 10.9. The molecule has 0 fully saturated rings. The number of aliphatic hydroxyl groups excluding tert-OH is 1. The Hall–Kier alpha value is -1.28. The molecule has 0 aliphatic heterocycles. The number of nitrogens with one attached hydrogen (secondary N) is 1. The Kier molecular flexibility index (Phi) is 2.07. The summed E-state index contributed by atoms with van der Waals surface area (Å²) >= 11 is 0. The van der Waals surface area contributed by atoms with Gasteiger partial charge in [-0.25, -0.2) is 0 Å². The van der Waals surface area contributed by atoms with Gasteiger partial charge in [-0.3, -0.25) is 0 Å². The number of H-pyrrole nitrogens is 1. The zero-order chi connectivity index (χ0) is 9.26. The molecule has 68 valence electrons. The summed E-state index contributed by atoms with van der Waals surface area (Å²) in [5, 5.41) is 10.1. The molecular formula is C11H13NO. The van der Waals surface area contributed by atoms with Crippen molar-refractivity contribution in [2.75, 3.05) is 6.61 Å². The van der Waals surface area contributed by atoms with Crippen LogP contribution in [0.25, 0.3) is 10.9 Å². The van der Waals surface area contributed by atoms with Crippen LogP contribution in [0.1, 0.15) is 11.1 Å². The van der Waals surface area contributed by atoms with Gasteiger partial charge >= 0.3 is 0 Å². The van der Waals surface area contributed by atoms with Gasteiger partial charge in [-0.1, -0.05) is 6.07 Å². The summed E-state index contributed by atoms with van der Waals surface area (Å²) in [5.41, 5.74) is 3.61. The van der Waals surface area contributed by atoms with Crippen molar-refractivity contribution in [3.63, 3.8) is 0 Å². The number of hydrogen-bond acceptors (Lipinski definition) is 1. The summed E-state index contributed by atoms with van der Waals surface area (Å²) in [6.07, 6.45) is 2.67. The van der Waals surface area contributed by atoms with Gasteiger partial charge in [-0.05, 0) is 36.6 Å². The van der Waals surface area contributed by atoms with Crippen LogP contribution < -0.4 is 0 Å². The van der Waals surface area contributed by atoms with Crippen LogP contribution in [0.3, 0.4) is 0 Å². The Morgan fingerprint density at radius 2 is 2.23 bits per heavy atom. The van der Waals surface area contributed by atoms with Gasteiger partial charge in [0.25, 0.3) is 0 Å². The van der Waals surface area contributed by atoms with Crippen LogP contribution >= 0.6 is 0 Å². The molecule has 0 saturated heterocycles. The lowest BCUT2D eigenvalue weighted by Gasteiger charge is -2.02. The van der Waals surface area contributed by atoms with Crippen molar-refractivity contribution in [3.05, 3.63) is 35.5 Å². The third-order valence-corrected chi connectivity index (χ3v) is 2.28. The number of aryl methyl sites for hydroxylation is 1. The molecule has 2 nitrogen and oxygen atoms in total. The highest BCUT2D eigenvalue weighted by molar-refractivity contribution is 5.83. The molecule has 2 rings (SSSR count). The van der Waals surface area contributed by atoms with Crippen molar-refractivity contribution in [1.82, 2.24) is 4.98 Å². The van der Waals surface area contributed by atoms with E-state index in [4.69, 9.17) is 5.11 Å². The van der Waals surface area contributed by atoms with Crippen LogP contribution in [0.2, 0.25) is 0 Å². The van der Waals surface area contributed by atoms with E-state index in [9.17, 15) is 0 Å². The van der Waals surface area contributed by atoms with Gasteiger partial charge in [0.05, 0.1) is 0 Å². The number of benzene rings is 1. The number of aliphatic hydroxyl groups is 1. The topological polar surface area (TPSA) is 36.0 Å². The molecule has 2 aromatic rings.